The van der Waals surface area contributed by atoms with Crippen LogP contribution in [0.4, 0.5) is 10.2 Å². The number of hydrogen-bond donors (Lipinski definition) is 2. The van der Waals surface area contributed by atoms with Crippen molar-refractivity contribution in [3.63, 3.8) is 0 Å². The highest BCUT2D eigenvalue weighted by Gasteiger charge is 2.33. The van der Waals surface area contributed by atoms with Gasteiger partial charge in [-0.25, -0.2) is 19.0 Å². The van der Waals surface area contributed by atoms with Crippen molar-refractivity contribution in [3.05, 3.63) is 72.3 Å². The molecule has 11 nitrogen and oxygen atoms in total. The molecule has 0 bridgehead atoms. The van der Waals surface area contributed by atoms with E-state index < -0.39 is 11.4 Å². The van der Waals surface area contributed by atoms with Gasteiger partial charge in [0.1, 0.15) is 46.8 Å². The number of nitrogens with zero attached hydrogens (tertiary/aromatic N) is 7. The maximum absolute atomic E-state index is 15.6. The van der Waals surface area contributed by atoms with Crippen molar-refractivity contribution in [2.45, 2.75) is 57.2 Å². The van der Waals surface area contributed by atoms with E-state index in [1.807, 2.05) is 32.0 Å². The molecule has 0 radical (unpaired) electrons. The number of carbonyl (C=O) groups is 1. The molecule has 1 atom stereocenters. The summed E-state index contributed by atoms with van der Waals surface area (Å²) >= 11 is 0. The molecule has 2 aromatic heterocycles. The third-order valence-corrected chi connectivity index (χ3v) is 8.85. The molecule has 12 heteroatoms. The van der Waals surface area contributed by atoms with Crippen molar-refractivity contribution >= 4 is 22.8 Å². The summed E-state index contributed by atoms with van der Waals surface area (Å²) in [5.74, 6) is 0.203. The van der Waals surface area contributed by atoms with E-state index in [1.54, 1.807) is 39.9 Å². The zero-order chi connectivity index (χ0) is 32.4. The minimum atomic E-state index is -0.543. The molecule has 2 fully saturated rings. The number of piperidine rings is 2. The number of aliphatic hydroxyl groups excluding tert-OH is 1. The van der Waals surface area contributed by atoms with Gasteiger partial charge in [0.15, 0.2) is 5.65 Å². The van der Waals surface area contributed by atoms with Crippen molar-refractivity contribution in [1.82, 2.24) is 29.5 Å². The number of ether oxygens (including phenoxy) is 1. The molecule has 2 aliphatic rings. The van der Waals surface area contributed by atoms with Gasteiger partial charge in [0.25, 0.3) is 5.91 Å². The second-order valence-electron chi connectivity index (χ2n) is 12.4. The Morgan fingerprint density at radius 2 is 1.87 bits per heavy atom. The molecule has 4 aromatic rings. The van der Waals surface area contributed by atoms with Gasteiger partial charge >= 0.3 is 0 Å². The normalized spacial score (nSPS) is 18.5. The Kier molecular flexibility index (Phi) is 8.71. The molecule has 0 aliphatic carbocycles. The summed E-state index contributed by atoms with van der Waals surface area (Å²) in [7, 11) is 0. The van der Waals surface area contributed by atoms with Crippen LogP contribution < -0.4 is 10.5 Å². The SMILES string of the molecule is CC(C)(/C=C(/C#N)C(=O)N1CCC[C@H](n2nc(-c3ccc(Oc4ccccc4)cc3F)c3c(N)ncnc32)C1)N1CCC(O)CC1. The van der Waals surface area contributed by atoms with Gasteiger partial charge in [-0.2, -0.15) is 10.4 Å². The van der Waals surface area contributed by atoms with Crippen LogP contribution in [0, 0.1) is 17.1 Å². The van der Waals surface area contributed by atoms with E-state index >= 15 is 4.39 Å². The molecule has 3 N–H and O–H groups in total. The summed E-state index contributed by atoms with van der Waals surface area (Å²) < 4.78 is 23.1. The first-order chi connectivity index (χ1) is 22.1. The molecule has 6 rings (SSSR count). The first kappa shape index (κ1) is 31.1. The average molecular weight is 625 g/mol. The second-order valence-corrected chi connectivity index (χ2v) is 12.4. The number of carbonyl (C=O) groups excluding carboxylic acids is 1. The molecule has 1 amide bonds. The minimum Gasteiger partial charge on any atom is -0.457 e. The van der Waals surface area contributed by atoms with Gasteiger partial charge < -0.3 is 20.5 Å². The fraction of sp³-hybridized carbons (Fsp3) is 0.382. The third kappa shape index (κ3) is 6.29. The fourth-order valence-corrected chi connectivity index (χ4v) is 6.35. The maximum Gasteiger partial charge on any atom is 0.264 e. The number of aliphatic hydroxyl groups is 1. The standard InChI is InChI=1S/C34H37FN8O3/c1-34(2,42-15-12-24(44)13-16-42)18-22(19-36)33(45)41-14-6-7-23(20-41)43-32-29(31(37)38-21-39-32)30(40-43)27-11-10-26(17-28(27)35)46-25-8-4-3-5-9-25/h3-5,8-11,17-18,21,23-24,44H,6-7,12-16,20H2,1-2H3,(H2,37,38,39)/b22-18-/t23-/m0/s1. The van der Waals surface area contributed by atoms with Crippen LogP contribution in [-0.2, 0) is 4.79 Å². The average Bonchev–Trinajstić information content (AvgIpc) is 3.45. The van der Waals surface area contributed by atoms with Crippen LogP contribution in [0.2, 0.25) is 0 Å². The molecule has 238 valence electrons. The highest BCUT2D eigenvalue weighted by molar-refractivity contribution is 5.99. The number of rotatable bonds is 7. The van der Waals surface area contributed by atoms with Gasteiger partial charge in [0.05, 0.1) is 17.5 Å². The molecule has 0 spiro atoms. The number of nitrogens with two attached hydrogens (primary N) is 1. The molecule has 2 aromatic carbocycles. The number of anilines is 1. The zero-order valence-electron chi connectivity index (χ0n) is 25.9. The molecule has 46 heavy (non-hydrogen) atoms. The summed E-state index contributed by atoms with van der Waals surface area (Å²) in [5, 5.41) is 25.2. The van der Waals surface area contributed by atoms with Crippen molar-refractivity contribution in [2.75, 3.05) is 31.9 Å². The molecule has 0 unspecified atom stereocenters. The van der Waals surface area contributed by atoms with Crippen LogP contribution in [-0.4, -0.2) is 78.4 Å². The molecule has 2 saturated heterocycles. The Balaban J connectivity index is 1.27. The lowest BCUT2D eigenvalue weighted by Crippen LogP contribution is -2.48. The highest BCUT2D eigenvalue weighted by atomic mass is 19.1. The number of amides is 1. The van der Waals surface area contributed by atoms with Gasteiger partial charge in [-0.05, 0) is 69.9 Å². The van der Waals surface area contributed by atoms with Crippen molar-refractivity contribution in [2.24, 2.45) is 0 Å². The Labute approximate surface area is 266 Å². The lowest BCUT2D eigenvalue weighted by molar-refractivity contribution is -0.128. The van der Waals surface area contributed by atoms with Crippen LogP contribution in [0.1, 0.15) is 45.6 Å². The van der Waals surface area contributed by atoms with Gasteiger partial charge in [0.2, 0.25) is 0 Å². The Hall–Kier alpha value is -4.86. The van der Waals surface area contributed by atoms with Crippen LogP contribution in [0.5, 0.6) is 11.5 Å². The molecule has 0 saturated carbocycles. The topological polar surface area (TPSA) is 146 Å². The van der Waals surface area contributed by atoms with Crippen LogP contribution in [0.3, 0.4) is 0 Å². The second kappa shape index (κ2) is 12.9. The summed E-state index contributed by atoms with van der Waals surface area (Å²) in [5.41, 5.74) is 6.80. The van der Waals surface area contributed by atoms with E-state index in [-0.39, 0.29) is 35.0 Å². The number of likely N-dealkylation sites (tertiary alicyclic amines) is 2. The van der Waals surface area contributed by atoms with Gasteiger partial charge in [-0.3, -0.25) is 9.69 Å². The summed E-state index contributed by atoms with van der Waals surface area (Å²) in [6.45, 7) is 6.12. The Morgan fingerprint density at radius 1 is 1.11 bits per heavy atom. The number of fused-ring (bicyclic) bond motifs is 1. The van der Waals surface area contributed by atoms with Crippen molar-refractivity contribution < 1.29 is 19.0 Å². The largest absolute Gasteiger partial charge is 0.457 e. The summed E-state index contributed by atoms with van der Waals surface area (Å²) in [6, 6.07) is 15.5. The van der Waals surface area contributed by atoms with Crippen LogP contribution in [0.15, 0.2) is 66.5 Å². The first-order valence-electron chi connectivity index (χ1n) is 15.5. The first-order valence-corrected chi connectivity index (χ1v) is 15.5. The van der Waals surface area contributed by atoms with E-state index in [2.05, 4.69) is 20.9 Å². The van der Waals surface area contributed by atoms with Crippen molar-refractivity contribution in [3.8, 4) is 28.8 Å². The number of halogens is 1. The number of benzene rings is 2. The smallest absolute Gasteiger partial charge is 0.264 e. The van der Waals surface area contributed by atoms with Gasteiger partial charge in [-0.1, -0.05) is 18.2 Å². The van der Waals surface area contributed by atoms with E-state index in [9.17, 15) is 15.2 Å². The lowest BCUT2D eigenvalue weighted by Gasteiger charge is -2.40. The van der Waals surface area contributed by atoms with Gasteiger partial charge in [0, 0.05) is 43.3 Å². The predicted octanol–water partition coefficient (Wildman–Crippen LogP) is 4.86. The maximum atomic E-state index is 15.6. The number of aromatic nitrogens is 4. The monoisotopic (exact) mass is 624 g/mol. The number of hydrogen-bond acceptors (Lipinski definition) is 9. The predicted molar refractivity (Wildman–Crippen MR) is 171 cm³/mol. The highest BCUT2D eigenvalue weighted by Crippen LogP contribution is 2.36. The minimum absolute atomic E-state index is 0.0780. The Bertz CT molecular complexity index is 1810. The molecule has 4 heterocycles. The molecular formula is C34H37FN8O3. The van der Waals surface area contributed by atoms with Crippen molar-refractivity contribution in [1.29, 1.82) is 5.26 Å². The summed E-state index contributed by atoms with van der Waals surface area (Å²) in [4.78, 5) is 26.2. The zero-order valence-corrected chi connectivity index (χ0v) is 25.9. The fourth-order valence-electron chi connectivity index (χ4n) is 6.35. The number of para-hydroxylation sites is 1. The van der Waals surface area contributed by atoms with E-state index in [0.29, 0.717) is 80.1 Å². The molecular weight excluding hydrogens is 587 g/mol. The Morgan fingerprint density at radius 3 is 2.59 bits per heavy atom. The third-order valence-electron chi connectivity index (χ3n) is 8.85. The van der Waals surface area contributed by atoms with E-state index in [1.165, 1.54) is 12.4 Å². The summed E-state index contributed by atoms with van der Waals surface area (Å²) in [6.07, 6.45) is 5.45. The van der Waals surface area contributed by atoms with E-state index in [4.69, 9.17) is 15.6 Å². The number of nitrogen functional groups attached to an aromatic ring is 1. The van der Waals surface area contributed by atoms with Gasteiger partial charge in [-0.15, -0.1) is 0 Å². The van der Waals surface area contributed by atoms with E-state index in [0.717, 1.165) is 0 Å². The number of nitriles is 1. The van der Waals surface area contributed by atoms with Crippen LogP contribution in [0.25, 0.3) is 22.3 Å². The van der Waals surface area contributed by atoms with Crippen LogP contribution >= 0.6 is 0 Å². The molecule has 2 aliphatic heterocycles. The quantitative estimate of drug-likeness (QED) is 0.217. The lowest BCUT2D eigenvalue weighted by atomic mass is 9.94.